The predicted molar refractivity (Wildman–Crippen MR) is 74.3 cm³/mol. The van der Waals surface area contributed by atoms with E-state index in [1.165, 1.54) is 11.1 Å². The van der Waals surface area contributed by atoms with Gasteiger partial charge in [0.25, 0.3) is 0 Å². The molecule has 0 aliphatic rings. The number of benzene rings is 1. The van der Waals surface area contributed by atoms with Gasteiger partial charge < -0.3 is 4.74 Å². The highest BCUT2D eigenvalue weighted by molar-refractivity contribution is 7.80. The van der Waals surface area contributed by atoms with E-state index in [1.807, 2.05) is 12.1 Å². The van der Waals surface area contributed by atoms with Crippen molar-refractivity contribution in [2.24, 2.45) is 0 Å². The monoisotopic (exact) mass is 258 g/mol. The van der Waals surface area contributed by atoms with E-state index >= 15 is 0 Å². The molecule has 0 spiro atoms. The van der Waals surface area contributed by atoms with Crippen LogP contribution in [0.1, 0.15) is 37.3 Å². The highest BCUT2D eigenvalue weighted by Crippen LogP contribution is 2.33. The van der Waals surface area contributed by atoms with E-state index in [0.717, 1.165) is 29.4 Å². The number of hydrogen-bond donors (Lipinski definition) is 1. The molecule has 0 radical (unpaired) electrons. The highest BCUT2D eigenvalue weighted by Gasteiger charge is 2.13. The number of methoxy groups -OCH3 is 1. The SMILES string of the molecule is COc1c(CCCS)cc(Cl)cc1C(C)C. The van der Waals surface area contributed by atoms with Crippen LogP contribution in [0, 0.1) is 0 Å². The third kappa shape index (κ3) is 3.33. The summed E-state index contributed by atoms with van der Waals surface area (Å²) in [5.74, 6) is 2.29. The van der Waals surface area contributed by atoms with Crippen LogP contribution in [0.5, 0.6) is 5.75 Å². The Balaban J connectivity index is 3.14. The molecule has 0 aromatic heterocycles. The standard InChI is InChI=1S/C13H19ClOS/c1-9(2)12-8-11(14)7-10(5-4-6-16)13(12)15-3/h7-9,16H,4-6H2,1-3H3. The van der Waals surface area contributed by atoms with Crippen LogP contribution in [-0.4, -0.2) is 12.9 Å². The molecule has 0 bridgehead atoms. The van der Waals surface area contributed by atoms with Gasteiger partial charge in [-0.1, -0.05) is 25.4 Å². The quantitative estimate of drug-likeness (QED) is 0.774. The molecule has 16 heavy (non-hydrogen) atoms. The second-order valence-corrected chi connectivity index (χ2v) is 5.05. The fraction of sp³-hybridized carbons (Fsp3) is 0.538. The van der Waals surface area contributed by atoms with Crippen LogP contribution in [0.3, 0.4) is 0 Å². The predicted octanol–water partition coefficient (Wildman–Crippen LogP) is 4.33. The Kier molecular flexibility index (Phi) is 5.50. The first-order valence-corrected chi connectivity index (χ1v) is 6.58. The summed E-state index contributed by atoms with van der Waals surface area (Å²) in [5, 5.41) is 0.790. The van der Waals surface area contributed by atoms with Gasteiger partial charge in [0.05, 0.1) is 7.11 Å². The zero-order valence-electron chi connectivity index (χ0n) is 10.1. The van der Waals surface area contributed by atoms with Crippen LogP contribution in [-0.2, 0) is 6.42 Å². The van der Waals surface area contributed by atoms with E-state index in [-0.39, 0.29) is 0 Å². The number of ether oxygens (including phenoxy) is 1. The normalized spacial score (nSPS) is 10.9. The lowest BCUT2D eigenvalue weighted by Crippen LogP contribution is -2.00. The minimum absolute atomic E-state index is 0.420. The highest BCUT2D eigenvalue weighted by atomic mass is 35.5. The van der Waals surface area contributed by atoms with Crippen molar-refractivity contribution in [3.8, 4) is 5.75 Å². The van der Waals surface area contributed by atoms with E-state index < -0.39 is 0 Å². The summed E-state index contributed by atoms with van der Waals surface area (Å²) in [6.45, 7) is 4.30. The second kappa shape index (κ2) is 6.41. The lowest BCUT2D eigenvalue weighted by atomic mass is 9.97. The minimum Gasteiger partial charge on any atom is -0.496 e. The van der Waals surface area contributed by atoms with Gasteiger partial charge >= 0.3 is 0 Å². The fourth-order valence-corrected chi connectivity index (χ4v) is 2.21. The molecule has 0 saturated heterocycles. The van der Waals surface area contributed by atoms with Gasteiger partial charge in [-0.2, -0.15) is 12.6 Å². The first-order valence-electron chi connectivity index (χ1n) is 5.57. The first kappa shape index (κ1) is 13.7. The zero-order chi connectivity index (χ0) is 12.1. The number of thiol groups is 1. The smallest absolute Gasteiger partial charge is 0.125 e. The number of rotatable bonds is 5. The molecule has 0 unspecified atom stereocenters. The van der Waals surface area contributed by atoms with Gasteiger partial charge in [0.2, 0.25) is 0 Å². The van der Waals surface area contributed by atoms with Crippen molar-refractivity contribution in [2.45, 2.75) is 32.6 Å². The zero-order valence-corrected chi connectivity index (χ0v) is 11.7. The molecule has 1 rings (SSSR count). The van der Waals surface area contributed by atoms with Gasteiger partial charge in [-0.25, -0.2) is 0 Å². The first-order chi connectivity index (χ1) is 7.60. The van der Waals surface area contributed by atoms with Crippen LogP contribution >= 0.6 is 24.2 Å². The van der Waals surface area contributed by atoms with Crippen molar-refractivity contribution < 1.29 is 4.74 Å². The third-order valence-electron chi connectivity index (χ3n) is 2.59. The maximum absolute atomic E-state index is 6.13. The van der Waals surface area contributed by atoms with Crippen LogP contribution in [0.2, 0.25) is 5.02 Å². The molecule has 0 fully saturated rings. The van der Waals surface area contributed by atoms with Crippen LogP contribution in [0.4, 0.5) is 0 Å². The Morgan fingerprint density at radius 1 is 1.38 bits per heavy atom. The minimum atomic E-state index is 0.420. The second-order valence-electron chi connectivity index (χ2n) is 4.17. The van der Waals surface area contributed by atoms with Gasteiger partial charge in [-0.05, 0) is 47.8 Å². The summed E-state index contributed by atoms with van der Waals surface area (Å²) in [7, 11) is 1.72. The summed E-state index contributed by atoms with van der Waals surface area (Å²) in [4.78, 5) is 0. The van der Waals surface area contributed by atoms with Crippen LogP contribution in [0.15, 0.2) is 12.1 Å². The van der Waals surface area contributed by atoms with Crippen LogP contribution < -0.4 is 4.74 Å². The fourth-order valence-electron chi connectivity index (χ4n) is 1.81. The average Bonchev–Trinajstić information content (AvgIpc) is 2.25. The van der Waals surface area contributed by atoms with Crippen molar-refractivity contribution >= 4 is 24.2 Å². The summed E-state index contributed by atoms with van der Waals surface area (Å²) < 4.78 is 5.51. The number of aryl methyl sites for hydroxylation is 1. The molecule has 1 aromatic rings. The van der Waals surface area contributed by atoms with Gasteiger partial charge in [0.15, 0.2) is 0 Å². The molecule has 3 heteroatoms. The number of halogens is 1. The molecule has 90 valence electrons. The van der Waals surface area contributed by atoms with E-state index in [9.17, 15) is 0 Å². The van der Waals surface area contributed by atoms with E-state index in [2.05, 4.69) is 26.5 Å². The largest absolute Gasteiger partial charge is 0.496 e. The van der Waals surface area contributed by atoms with Crippen LogP contribution in [0.25, 0.3) is 0 Å². The Morgan fingerprint density at radius 2 is 2.06 bits per heavy atom. The topological polar surface area (TPSA) is 9.23 Å². The molecule has 0 amide bonds. The van der Waals surface area contributed by atoms with Crippen molar-refractivity contribution in [3.63, 3.8) is 0 Å². The maximum Gasteiger partial charge on any atom is 0.125 e. The average molecular weight is 259 g/mol. The van der Waals surface area contributed by atoms with E-state index in [4.69, 9.17) is 16.3 Å². The lowest BCUT2D eigenvalue weighted by molar-refractivity contribution is 0.402. The Labute approximate surface area is 109 Å². The summed E-state index contributed by atoms with van der Waals surface area (Å²) in [6.07, 6.45) is 2.00. The maximum atomic E-state index is 6.13. The van der Waals surface area contributed by atoms with Gasteiger partial charge in [-0.15, -0.1) is 0 Å². The molecule has 0 atom stereocenters. The molecule has 0 aliphatic heterocycles. The van der Waals surface area contributed by atoms with Gasteiger partial charge in [0.1, 0.15) is 5.75 Å². The Hall–Kier alpha value is -0.340. The summed E-state index contributed by atoms with van der Waals surface area (Å²) in [5.41, 5.74) is 2.37. The van der Waals surface area contributed by atoms with Gasteiger partial charge in [-0.3, -0.25) is 0 Å². The molecule has 1 nitrogen and oxygen atoms in total. The Bertz CT molecular complexity index is 350. The molecular weight excluding hydrogens is 240 g/mol. The number of hydrogen-bond acceptors (Lipinski definition) is 2. The lowest BCUT2D eigenvalue weighted by Gasteiger charge is -2.16. The molecule has 0 heterocycles. The van der Waals surface area contributed by atoms with Gasteiger partial charge in [0, 0.05) is 5.02 Å². The van der Waals surface area contributed by atoms with Crippen molar-refractivity contribution in [1.82, 2.24) is 0 Å². The van der Waals surface area contributed by atoms with E-state index in [0.29, 0.717) is 5.92 Å². The van der Waals surface area contributed by atoms with E-state index in [1.54, 1.807) is 7.11 Å². The molecular formula is C13H19ClOS. The molecule has 0 N–H and O–H groups in total. The Morgan fingerprint density at radius 3 is 2.56 bits per heavy atom. The third-order valence-corrected chi connectivity index (χ3v) is 3.12. The summed E-state index contributed by atoms with van der Waals surface area (Å²) >= 11 is 10.4. The molecule has 0 saturated carbocycles. The van der Waals surface area contributed by atoms with Crippen molar-refractivity contribution in [1.29, 1.82) is 0 Å². The molecule has 1 aromatic carbocycles. The molecule has 0 aliphatic carbocycles. The summed E-state index contributed by atoms with van der Waals surface area (Å²) in [6, 6.07) is 3.99. The van der Waals surface area contributed by atoms with Crippen molar-refractivity contribution in [3.05, 3.63) is 28.3 Å². The van der Waals surface area contributed by atoms with Crippen molar-refractivity contribution in [2.75, 3.05) is 12.9 Å².